The molecule has 0 aromatic heterocycles. The van der Waals surface area contributed by atoms with Crippen LogP contribution in [0.15, 0.2) is 0 Å². The molecule has 0 aliphatic heterocycles. The number of carbonyl (C=O) groups is 1. The Morgan fingerprint density at radius 3 is 1.21 bits per heavy atom. The van der Waals surface area contributed by atoms with Crippen LogP contribution in [0.2, 0.25) is 15.8 Å². The van der Waals surface area contributed by atoms with Crippen LogP contribution in [0, 0.1) is 0 Å². The molecule has 0 atom stereocenters. The molecule has 0 aromatic carbocycles. The lowest BCUT2D eigenvalue weighted by Crippen LogP contribution is -2.12. The van der Waals surface area contributed by atoms with Gasteiger partial charge < -0.3 is 4.79 Å². The van der Waals surface area contributed by atoms with Gasteiger partial charge in [0.2, 0.25) is 0 Å². The van der Waals surface area contributed by atoms with Gasteiger partial charge in [0.25, 0.3) is 14.1 Å². The van der Waals surface area contributed by atoms with Gasteiger partial charge in [-0.25, -0.2) is 0 Å². The molecule has 0 radical (unpaired) electrons. The maximum Gasteiger partial charge on any atom is 0.271 e. The molecule has 0 heterocycles. The third-order valence-corrected chi connectivity index (χ3v) is 8.67. The summed E-state index contributed by atoms with van der Waals surface area (Å²) in [6, 6.07) is 0. The van der Waals surface area contributed by atoms with Crippen LogP contribution in [0.1, 0.15) is 117 Å². The molecular formula is C22H45AlO. The maximum absolute atomic E-state index is 10.9. The fraction of sp³-hybridized carbons (Fsp3) is 0.955. The van der Waals surface area contributed by atoms with Crippen molar-refractivity contribution in [2.45, 2.75) is 132 Å². The third-order valence-electron chi connectivity index (χ3n) is 5.36. The topological polar surface area (TPSA) is 17.1 Å². The molecule has 24 heavy (non-hydrogen) atoms. The molecule has 0 spiro atoms. The lowest BCUT2D eigenvalue weighted by molar-refractivity contribution is -0.106. The molecule has 0 aliphatic rings. The summed E-state index contributed by atoms with van der Waals surface area (Å²) in [6.45, 7) is 4.56. The average molecular weight is 353 g/mol. The molecule has 2 heteroatoms. The van der Waals surface area contributed by atoms with Gasteiger partial charge in [-0.15, -0.1) is 0 Å². The van der Waals surface area contributed by atoms with Gasteiger partial charge in [-0.05, 0) is 5.28 Å². The highest BCUT2D eigenvalue weighted by Gasteiger charge is 2.15. The summed E-state index contributed by atoms with van der Waals surface area (Å²) in [5.74, 6) is 0. The SMILES string of the molecule is CCCCCCCCC[CH2][Al]([CH2]C=O)[CH2]CCCCCCCCC. The van der Waals surface area contributed by atoms with E-state index in [2.05, 4.69) is 13.8 Å². The molecule has 0 aromatic rings. The van der Waals surface area contributed by atoms with Gasteiger partial charge >= 0.3 is 0 Å². The lowest BCUT2D eigenvalue weighted by atomic mass is 10.1. The molecule has 0 aliphatic carbocycles. The van der Waals surface area contributed by atoms with Crippen molar-refractivity contribution in [1.82, 2.24) is 0 Å². The molecule has 0 amide bonds. The first-order valence-corrected chi connectivity index (χ1v) is 13.7. The van der Waals surface area contributed by atoms with E-state index in [1.807, 2.05) is 0 Å². The lowest BCUT2D eigenvalue weighted by Gasteiger charge is -2.09. The van der Waals surface area contributed by atoms with Crippen LogP contribution >= 0.6 is 0 Å². The highest BCUT2D eigenvalue weighted by molar-refractivity contribution is 6.61. The van der Waals surface area contributed by atoms with Crippen molar-refractivity contribution in [1.29, 1.82) is 0 Å². The van der Waals surface area contributed by atoms with E-state index in [1.165, 1.54) is 120 Å². The summed E-state index contributed by atoms with van der Waals surface area (Å²) < 4.78 is 0. The second kappa shape index (κ2) is 21.2. The Morgan fingerprint density at radius 2 is 0.875 bits per heavy atom. The smallest absolute Gasteiger partial charge is 0.271 e. The monoisotopic (exact) mass is 352 g/mol. The quantitative estimate of drug-likeness (QED) is 0.123. The van der Waals surface area contributed by atoms with Gasteiger partial charge in [0, 0.05) is 0 Å². The van der Waals surface area contributed by atoms with Crippen LogP contribution in [0.25, 0.3) is 0 Å². The van der Waals surface area contributed by atoms with Crippen molar-refractivity contribution in [2.24, 2.45) is 0 Å². The molecule has 0 N–H and O–H groups in total. The van der Waals surface area contributed by atoms with Crippen molar-refractivity contribution >= 4 is 20.4 Å². The van der Waals surface area contributed by atoms with Gasteiger partial charge in [0.05, 0.1) is 0 Å². The molecule has 142 valence electrons. The summed E-state index contributed by atoms with van der Waals surface area (Å²) >= 11 is -0.742. The zero-order valence-electron chi connectivity index (χ0n) is 17.0. The Balaban J connectivity index is 3.45. The minimum atomic E-state index is -0.742. The van der Waals surface area contributed by atoms with E-state index in [1.54, 1.807) is 0 Å². The largest absolute Gasteiger partial charge is 0.305 e. The number of unbranched alkanes of at least 4 members (excludes halogenated alkanes) is 14. The Labute approximate surface area is 157 Å². The van der Waals surface area contributed by atoms with Gasteiger partial charge in [-0.2, -0.15) is 0 Å². The summed E-state index contributed by atoms with van der Waals surface area (Å²) in [4.78, 5) is 10.9. The highest BCUT2D eigenvalue weighted by atomic mass is 27.2. The van der Waals surface area contributed by atoms with Gasteiger partial charge in [-0.1, -0.05) is 127 Å². The number of carbonyl (C=O) groups excluding carboxylic acids is 1. The van der Waals surface area contributed by atoms with Crippen LogP contribution in [0.3, 0.4) is 0 Å². The zero-order valence-corrected chi connectivity index (χ0v) is 18.2. The number of rotatable bonds is 20. The minimum Gasteiger partial charge on any atom is -0.305 e. The van der Waals surface area contributed by atoms with Crippen LogP contribution in [-0.2, 0) is 4.79 Å². The van der Waals surface area contributed by atoms with Gasteiger partial charge in [0.15, 0.2) is 0 Å². The Kier molecular flexibility index (Phi) is 21.4. The number of hydrogen-bond acceptors (Lipinski definition) is 1. The zero-order chi connectivity index (χ0) is 17.7. The summed E-state index contributed by atoms with van der Waals surface area (Å²) in [6.07, 6.45) is 23.8. The van der Waals surface area contributed by atoms with Crippen LogP contribution in [0.5, 0.6) is 0 Å². The Hall–Kier alpha value is 0.202. The van der Waals surface area contributed by atoms with E-state index in [4.69, 9.17) is 0 Å². The number of hydrogen-bond donors (Lipinski definition) is 0. The fourth-order valence-electron chi connectivity index (χ4n) is 3.65. The molecule has 0 bridgehead atoms. The van der Waals surface area contributed by atoms with E-state index in [0.717, 1.165) is 5.28 Å². The van der Waals surface area contributed by atoms with E-state index >= 15 is 0 Å². The predicted molar refractivity (Wildman–Crippen MR) is 111 cm³/mol. The van der Waals surface area contributed by atoms with Crippen LogP contribution in [-0.4, -0.2) is 20.4 Å². The molecular weight excluding hydrogens is 307 g/mol. The van der Waals surface area contributed by atoms with Gasteiger partial charge in [-0.3, -0.25) is 0 Å². The van der Waals surface area contributed by atoms with Crippen molar-refractivity contribution in [3.63, 3.8) is 0 Å². The fourth-order valence-corrected chi connectivity index (χ4v) is 6.41. The van der Waals surface area contributed by atoms with Crippen molar-refractivity contribution in [3.8, 4) is 0 Å². The van der Waals surface area contributed by atoms with E-state index in [9.17, 15) is 4.79 Å². The molecule has 0 rings (SSSR count). The first kappa shape index (κ1) is 24.2. The first-order chi connectivity index (χ1) is 11.8. The molecule has 1 nitrogen and oxygen atoms in total. The first-order valence-electron chi connectivity index (χ1n) is 11.3. The maximum atomic E-state index is 10.9. The second-order valence-electron chi connectivity index (χ2n) is 7.80. The number of aldehydes is 1. The standard InChI is InChI=1S/2C10H21.C2H3O.Al/c2*1-3-5-7-9-10-8-6-4-2;1-2-3;/h2*1,3-10H2,2H3;2H,1H2;. The van der Waals surface area contributed by atoms with Crippen LogP contribution < -0.4 is 0 Å². The Bertz CT molecular complexity index is 222. The third kappa shape index (κ3) is 18.5. The molecule has 0 saturated heterocycles. The summed E-state index contributed by atoms with van der Waals surface area (Å²) in [5, 5.41) is 3.78. The van der Waals surface area contributed by atoms with Crippen molar-refractivity contribution in [3.05, 3.63) is 0 Å². The minimum absolute atomic E-state index is 0.742. The highest BCUT2D eigenvalue weighted by Crippen LogP contribution is 2.17. The second-order valence-corrected chi connectivity index (χ2v) is 11.2. The van der Waals surface area contributed by atoms with Gasteiger partial charge in [0.1, 0.15) is 6.29 Å². The summed E-state index contributed by atoms with van der Waals surface area (Å²) in [5.41, 5.74) is 0. The summed E-state index contributed by atoms with van der Waals surface area (Å²) in [7, 11) is 0. The Morgan fingerprint density at radius 1 is 0.542 bits per heavy atom. The van der Waals surface area contributed by atoms with Crippen molar-refractivity contribution in [2.75, 3.05) is 0 Å². The van der Waals surface area contributed by atoms with E-state index in [-0.39, 0.29) is 0 Å². The van der Waals surface area contributed by atoms with E-state index < -0.39 is 14.1 Å². The van der Waals surface area contributed by atoms with Crippen molar-refractivity contribution < 1.29 is 4.79 Å². The average Bonchev–Trinajstić information content (AvgIpc) is 2.59. The predicted octanol–water partition coefficient (Wildman–Crippen LogP) is 7.96. The molecule has 0 saturated carbocycles. The normalized spacial score (nSPS) is 10.9. The molecule has 0 fully saturated rings. The van der Waals surface area contributed by atoms with Crippen LogP contribution in [0.4, 0.5) is 0 Å². The van der Waals surface area contributed by atoms with E-state index in [0.29, 0.717) is 0 Å². The molecule has 0 unspecified atom stereocenters.